The highest BCUT2D eigenvalue weighted by Crippen LogP contribution is 2.30. The van der Waals surface area contributed by atoms with Crippen molar-refractivity contribution < 1.29 is 9.47 Å². The van der Waals surface area contributed by atoms with Gasteiger partial charge in [-0.1, -0.05) is 11.6 Å². The van der Waals surface area contributed by atoms with Crippen molar-refractivity contribution in [2.75, 3.05) is 7.11 Å². The molecule has 3 heteroatoms. The van der Waals surface area contributed by atoms with Crippen molar-refractivity contribution in [2.45, 2.75) is 25.4 Å². The molecule has 2 nitrogen and oxygen atoms in total. The lowest BCUT2D eigenvalue weighted by atomic mass is 9.96. The average Bonchev–Trinajstić information content (AvgIpc) is 2.10. The van der Waals surface area contributed by atoms with E-state index in [2.05, 4.69) is 0 Å². The lowest BCUT2D eigenvalue weighted by Gasteiger charge is -2.26. The van der Waals surface area contributed by atoms with Gasteiger partial charge < -0.3 is 9.47 Å². The van der Waals surface area contributed by atoms with E-state index in [0.717, 1.165) is 24.3 Å². The number of rotatable bonds is 3. The summed E-state index contributed by atoms with van der Waals surface area (Å²) in [6.07, 6.45) is 3.93. The second-order valence-corrected chi connectivity index (χ2v) is 3.93. The van der Waals surface area contributed by atoms with Crippen LogP contribution in [0.25, 0.3) is 0 Å². The minimum atomic E-state index is 0.373. The number of halogens is 1. The van der Waals surface area contributed by atoms with Gasteiger partial charge in [0, 0.05) is 11.1 Å². The maximum atomic E-state index is 5.91. The second-order valence-electron chi connectivity index (χ2n) is 3.50. The van der Waals surface area contributed by atoms with Gasteiger partial charge in [0.1, 0.15) is 11.5 Å². The van der Waals surface area contributed by atoms with E-state index in [4.69, 9.17) is 21.1 Å². The van der Waals surface area contributed by atoms with Crippen molar-refractivity contribution in [2.24, 2.45) is 0 Å². The largest absolute Gasteiger partial charge is 0.497 e. The first-order chi connectivity index (χ1) is 6.78. The molecule has 14 heavy (non-hydrogen) atoms. The molecule has 0 bridgehead atoms. The van der Waals surface area contributed by atoms with Crippen molar-refractivity contribution in [1.29, 1.82) is 0 Å². The molecular formula is C11H13ClO2. The minimum absolute atomic E-state index is 0.373. The predicted octanol–water partition coefficient (Wildman–Crippen LogP) is 3.28. The van der Waals surface area contributed by atoms with Gasteiger partial charge in [-0.25, -0.2) is 0 Å². The maximum absolute atomic E-state index is 5.91. The van der Waals surface area contributed by atoms with Crippen LogP contribution in [0.4, 0.5) is 0 Å². The molecule has 0 amide bonds. The highest BCUT2D eigenvalue weighted by molar-refractivity contribution is 6.30. The average molecular weight is 213 g/mol. The summed E-state index contributed by atoms with van der Waals surface area (Å²) in [4.78, 5) is 0. The number of hydrogen-bond acceptors (Lipinski definition) is 2. The molecule has 1 aliphatic carbocycles. The molecule has 76 valence electrons. The summed E-state index contributed by atoms with van der Waals surface area (Å²) < 4.78 is 10.8. The van der Waals surface area contributed by atoms with Crippen LogP contribution in [0.3, 0.4) is 0 Å². The van der Waals surface area contributed by atoms with Gasteiger partial charge >= 0.3 is 0 Å². The topological polar surface area (TPSA) is 18.5 Å². The molecule has 0 aliphatic heterocycles. The lowest BCUT2D eigenvalue weighted by Crippen LogP contribution is -2.24. The first kappa shape index (κ1) is 9.66. The lowest BCUT2D eigenvalue weighted by molar-refractivity contribution is 0.120. The highest BCUT2D eigenvalue weighted by atomic mass is 35.5. The summed E-state index contributed by atoms with van der Waals surface area (Å²) in [7, 11) is 1.62. The Kier molecular flexibility index (Phi) is 2.82. The van der Waals surface area contributed by atoms with Gasteiger partial charge in [0.05, 0.1) is 13.2 Å². The van der Waals surface area contributed by atoms with Crippen LogP contribution in [-0.2, 0) is 0 Å². The first-order valence-electron chi connectivity index (χ1n) is 4.79. The number of methoxy groups -OCH3 is 1. The Morgan fingerprint density at radius 1 is 1.21 bits per heavy atom. The molecule has 1 aliphatic rings. The van der Waals surface area contributed by atoms with Crippen LogP contribution in [0, 0.1) is 0 Å². The molecule has 0 aromatic heterocycles. The third-order valence-corrected chi connectivity index (χ3v) is 2.65. The van der Waals surface area contributed by atoms with Crippen LogP contribution in [0.2, 0.25) is 5.02 Å². The summed E-state index contributed by atoms with van der Waals surface area (Å²) in [5.41, 5.74) is 0. The van der Waals surface area contributed by atoms with Crippen molar-refractivity contribution in [3.63, 3.8) is 0 Å². The summed E-state index contributed by atoms with van der Waals surface area (Å²) in [5, 5.41) is 0.652. The third kappa shape index (κ3) is 2.13. The molecule has 0 atom stereocenters. The van der Waals surface area contributed by atoms with Crippen LogP contribution in [0.5, 0.6) is 11.5 Å². The molecule has 0 heterocycles. The van der Waals surface area contributed by atoms with E-state index in [0.29, 0.717) is 11.1 Å². The molecule has 1 aromatic carbocycles. The number of ether oxygens (including phenoxy) is 2. The standard InChI is InChI=1S/C11H13ClO2/c1-13-10-5-8(12)6-11(7-10)14-9-3-2-4-9/h5-7,9H,2-4H2,1H3. The zero-order chi connectivity index (χ0) is 9.97. The van der Waals surface area contributed by atoms with Gasteiger partial charge in [-0.2, -0.15) is 0 Å². The quantitative estimate of drug-likeness (QED) is 0.766. The summed E-state index contributed by atoms with van der Waals surface area (Å²) >= 11 is 5.91. The van der Waals surface area contributed by atoms with E-state index in [9.17, 15) is 0 Å². The molecular weight excluding hydrogens is 200 g/mol. The maximum Gasteiger partial charge on any atom is 0.124 e. The highest BCUT2D eigenvalue weighted by Gasteiger charge is 2.19. The summed E-state index contributed by atoms with van der Waals surface area (Å²) in [6, 6.07) is 5.46. The van der Waals surface area contributed by atoms with E-state index in [-0.39, 0.29) is 0 Å². The monoisotopic (exact) mass is 212 g/mol. The van der Waals surface area contributed by atoms with Gasteiger partial charge in [0.15, 0.2) is 0 Å². The summed E-state index contributed by atoms with van der Waals surface area (Å²) in [5.74, 6) is 1.55. The number of hydrogen-bond donors (Lipinski definition) is 0. The zero-order valence-corrected chi connectivity index (χ0v) is 8.88. The molecule has 0 spiro atoms. The molecule has 0 N–H and O–H groups in total. The first-order valence-corrected chi connectivity index (χ1v) is 5.17. The Morgan fingerprint density at radius 3 is 2.50 bits per heavy atom. The van der Waals surface area contributed by atoms with Crippen molar-refractivity contribution in [1.82, 2.24) is 0 Å². The minimum Gasteiger partial charge on any atom is -0.497 e. The van der Waals surface area contributed by atoms with Gasteiger partial charge in [-0.3, -0.25) is 0 Å². The fourth-order valence-electron chi connectivity index (χ4n) is 1.40. The Morgan fingerprint density at radius 2 is 1.93 bits per heavy atom. The van der Waals surface area contributed by atoms with Crippen molar-refractivity contribution in [3.8, 4) is 11.5 Å². The Labute approximate surface area is 88.8 Å². The van der Waals surface area contributed by atoms with Crippen LogP contribution >= 0.6 is 11.6 Å². The van der Waals surface area contributed by atoms with Crippen LogP contribution < -0.4 is 9.47 Å². The molecule has 0 saturated heterocycles. The molecule has 1 saturated carbocycles. The van der Waals surface area contributed by atoms with Crippen LogP contribution in [0.1, 0.15) is 19.3 Å². The third-order valence-electron chi connectivity index (χ3n) is 2.44. The van der Waals surface area contributed by atoms with Crippen LogP contribution in [-0.4, -0.2) is 13.2 Å². The molecule has 0 radical (unpaired) electrons. The molecule has 1 aromatic rings. The Hall–Kier alpha value is -0.890. The van der Waals surface area contributed by atoms with E-state index in [1.165, 1.54) is 6.42 Å². The molecule has 2 rings (SSSR count). The normalized spacial score (nSPS) is 16.1. The molecule has 1 fully saturated rings. The fourth-order valence-corrected chi connectivity index (χ4v) is 1.62. The van der Waals surface area contributed by atoms with Gasteiger partial charge in [-0.15, -0.1) is 0 Å². The second kappa shape index (κ2) is 4.09. The van der Waals surface area contributed by atoms with Gasteiger partial charge in [0.2, 0.25) is 0 Å². The predicted molar refractivity (Wildman–Crippen MR) is 56.3 cm³/mol. The van der Waals surface area contributed by atoms with Gasteiger partial charge in [-0.05, 0) is 31.4 Å². The number of benzene rings is 1. The molecule has 0 unspecified atom stereocenters. The smallest absolute Gasteiger partial charge is 0.124 e. The van der Waals surface area contributed by atoms with Crippen molar-refractivity contribution >= 4 is 11.6 Å². The van der Waals surface area contributed by atoms with E-state index >= 15 is 0 Å². The van der Waals surface area contributed by atoms with Gasteiger partial charge in [0.25, 0.3) is 0 Å². The Balaban J connectivity index is 2.11. The Bertz CT molecular complexity index is 321. The summed E-state index contributed by atoms with van der Waals surface area (Å²) in [6.45, 7) is 0. The fraction of sp³-hybridized carbons (Fsp3) is 0.455. The van der Waals surface area contributed by atoms with E-state index < -0.39 is 0 Å². The van der Waals surface area contributed by atoms with E-state index in [1.54, 1.807) is 13.2 Å². The SMILES string of the molecule is COc1cc(Cl)cc(OC2CCC2)c1. The van der Waals surface area contributed by atoms with E-state index in [1.807, 2.05) is 12.1 Å². The van der Waals surface area contributed by atoms with Crippen LogP contribution in [0.15, 0.2) is 18.2 Å². The zero-order valence-electron chi connectivity index (χ0n) is 8.13. The van der Waals surface area contributed by atoms with Crippen molar-refractivity contribution in [3.05, 3.63) is 23.2 Å².